The Kier molecular flexibility index (Phi) is 15.3. The van der Waals surface area contributed by atoms with Crippen molar-refractivity contribution < 1.29 is 33.4 Å². The third-order valence-electron chi connectivity index (χ3n) is 7.98. The Hall–Kier alpha value is -3.57. The first kappa shape index (κ1) is 38.9. The van der Waals surface area contributed by atoms with E-state index < -0.39 is 47.7 Å². The number of carbonyl (C=O) groups is 5. The molecule has 0 aliphatic carbocycles. The summed E-state index contributed by atoms with van der Waals surface area (Å²) in [6, 6.07) is 29.2. The van der Waals surface area contributed by atoms with Crippen LogP contribution < -0.4 is 32.3 Å². The van der Waals surface area contributed by atoms with Crippen LogP contribution in [0.1, 0.15) is 32.1 Å². The number of amides is 2. The Morgan fingerprint density at radius 2 is 1.31 bits per heavy atom. The molecule has 0 unspecified atom stereocenters. The van der Waals surface area contributed by atoms with Crippen molar-refractivity contribution in [2.24, 2.45) is 5.73 Å². The summed E-state index contributed by atoms with van der Waals surface area (Å²) in [6.07, 6.45) is 2.27. The van der Waals surface area contributed by atoms with Gasteiger partial charge in [0.2, 0.25) is 0 Å². The summed E-state index contributed by atoms with van der Waals surface area (Å²) in [4.78, 5) is 61.7. The van der Waals surface area contributed by atoms with Gasteiger partial charge in [-0.05, 0) is 0 Å². The summed E-state index contributed by atoms with van der Waals surface area (Å²) in [7, 11) is 2.39. The molecule has 0 aromatic heterocycles. The molecule has 10 nitrogen and oxygen atoms in total. The van der Waals surface area contributed by atoms with Gasteiger partial charge < -0.3 is 15.2 Å². The molecular weight excluding hydrogens is 717 g/mol. The molecule has 3 aromatic carbocycles. The summed E-state index contributed by atoms with van der Waals surface area (Å²) >= 11 is 5.37. The van der Waals surface area contributed by atoms with E-state index in [9.17, 15) is 24.0 Å². The van der Waals surface area contributed by atoms with Crippen LogP contribution in [0, 0.1) is 0 Å². The number of methoxy groups -OCH3 is 2. The van der Waals surface area contributed by atoms with Crippen molar-refractivity contribution in [3.63, 3.8) is 0 Å². The number of hydrogen-bond donors (Lipinski definition) is 3. The van der Waals surface area contributed by atoms with Crippen LogP contribution in [0.25, 0.3) is 0 Å². The number of carbonyl (C=O) groups excluding carboxylic acids is 5. The van der Waals surface area contributed by atoms with Crippen LogP contribution in [-0.2, 0) is 33.4 Å². The number of halogens is 1. The van der Waals surface area contributed by atoms with Gasteiger partial charge in [0, 0.05) is 0 Å². The van der Waals surface area contributed by atoms with Gasteiger partial charge in [0.15, 0.2) is 0 Å². The molecule has 0 fully saturated rings. The molecule has 3 rings (SSSR count). The maximum absolute atomic E-state index is 13.1. The first-order valence-electron chi connectivity index (χ1n) is 15.6. The van der Waals surface area contributed by atoms with Gasteiger partial charge >= 0.3 is 250 Å². The zero-order chi connectivity index (χ0) is 35.0. The fourth-order valence-corrected chi connectivity index (χ4v) is 14.0. The first-order valence-corrected chi connectivity index (χ1v) is 21.0. The summed E-state index contributed by atoms with van der Waals surface area (Å²) in [5, 5.41) is 5.37. The molecule has 0 radical (unpaired) electrons. The van der Waals surface area contributed by atoms with E-state index >= 15 is 0 Å². The predicted octanol–water partition coefficient (Wildman–Crippen LogP) is 3.31. The number of rotatable bonds is 18. The molecule has 0 heterocycles. The molecule has 13 heteroatoms. The van der Waals surface area contributed by atoms with E-state index in [-0.39, 0.29) is 30.1 Å². The molecule has 2 atom stereocenters. The van der Waals surface area contributed by atoms with E-state index in [2.05, 4.69) is 72.0 Å². The quantitative estimate of drug-likeness (QED) is 0.101. The van der Waals surface area contributed by atoms with Crippen LogP contribution in [0.15, 0.2) is 91.0 Å². The van der Waals surface area contributed by atoms with Gasteiger partial charge in [-0.2, -0.15) is 0 Å². The van der Waals surface area contributed by atoms with Gasteiger partial charge in [-0.3, -0.25) is 9.59 Å². The first-order chi connectivity index (χ1) is 23.0. The van der Waals surface area contributed by atoms with Gasteiger partial charge in [0.05, 0.1) is 14.2 Å². The summed E-state index contributed by atoms with van der Waals surface area (Å²) in [6.45, 7) is -0.393. The molecule has 48 heavy (non-hydrogen) atoms. The third-order valence-corrected chi connectivity index (χ3v) is 19.0. The van der Waals surface area contributed by atoms with Crippen molar-refractivity contribution in [2.75, 3.05) is 32.7 Å². The zero-order valence-electron chi connectivity index (χ0n) is 27.1. The minimum atomic E-state index is -3.11. The Labute approximate surface area is 293 Å². The Balaban J connectivity index is 1.69. The van der Waals surface area contributed by atoms with E-state index in [4.69, 9.17) is 5.73 Å². The van der Waals surface area contributed by atoms with Crippen molar-refractivity contribution in [3.05, 3.63) is 91.0 Å². The molecule has 258 valence electrons. The van der Waals surface area contributed by atoms with E-state index in [1.54, 1.807) is 0 Å². The molecule has 0 saturated heterocycles. The Bertz CT molecular complexity index is 1430. The van der Waals surface area contributed by atoms with Gasteiger partial charge in [0.1, 0.15) is 6.04 Å². The van der Waals surface area contributed by atoms with Gasteiger partial charge in [-0.25, -0.2) is 0 Å². The van der Waals surface area contributed by atoms with Gasteiger partial charge in [0.25, 0.3) is 0 Å². The maximum atomic E-state index is 13.1. The average molecular weight is 761 g/mol. The molecule has 0 bridgehead atoms. The fourth-order valence-electron chi connectivity index (χ4n) is 5.34. The standard InChI is InChI=1S/C35H43BrN3O7PS/c1-45-32(41)24-38-34(43)30(39-31(40)22-21-29(37)35(44)46-2)25-48-33(42)20-12-13-23-47(36,26-14-6-3-7-15-26,27-16-8-4-9-17-27)28-18-10-5-11-19-28/h3-11,14-19,29-30H,12-13,20-25,37H2,1-2H3,(H,38,43)(H,39,40)/t29-,30-/m0/s1. The second-order valence-electron chi connectivity index (χ2n) is 11.1. The second-order valence-corrected chi connectivity index (χ2v) is 21.3. The van der Waals surface area contributed by atoms with Crippen LogP contribution in [0.4, 0.5) is 0 Å². The van der Waals surface area contributed by atoms with Crippen molar-refractivity contribution in [3.8, 4) is 0 Å². The Morgan fingerprint density at radius 3 is 1.79 bits per heavy atom. The van der Waals surface area contributed by atoms with Crippen molar-refractivity contribution in [1.82, 2.24) is 10.6 Å². The van der Waals surface area contributed by atoms with Crippen LogP contribution in [-0.4, -0.2) is 73.6 Å². The number of thioether (sulfide) groups is 1. The average Bonchev–Trinajstić information content (AvgIpc) is 3.13. The number of hydrogen-bond acceptors (Lipinski definition) is 9. The molecule has 3 aromatic rings. The molecule has 0 aliphatic heterocycles. The molecule has 4 N–H and O–H groups in total. The third kappa shape index (κ3) is 10.2. The van der Waals surface area contributed by atoms with Crippen LogP contribution in [0.2, 0.25) is 0 Å². The van der Waals surface area contributed by atoms with Gasteiger partial charge in [-0.15, -0.1) is 0 Å². The number of unbranched alkanes of at least 4 members (excludes halogenated alkanes) is 1. The number of esters is 2. The number of benzene rings is 3. The summed E-state index contributed by atoms with van der Waals surface area (Å²) < 4.78 is 9.15. The minimum Gasteiger partial charge on any atom is -0.468 e. The van der Waals surface area contributed by atoms with E-state index in [1.807, 2.05) is 54.6 Å². The molecule has 0 saturated carbocycles. The van der Waals surface area contributed by atoms with E-state index in [0.29, 0.717) is 6.42 Å². The SMILES string of the molecule is COC(=O)CNC(=O)[C@H](CSC(=O)CCCCP(Br)(c1ccccc1)(c1ccccc1)c1ccccc1)NC(=O)CC[C@H](N)C(=O)OC. The van der Waals surface area contributed by atoms with Crippen LogP contribution in [0.5, 0.6) is 0 Å². The normalized spacial score (nSPS) is 13.2. The number of nitrogens with two attached hydrogens (primary N) is 1. The monoisotopic (exact) mass is 759 g/mol. The van der Waals surface area contributed by atoms with Crippen LogP contribution >= 0.6 is 32.6 Å². The zero-order valence-corrected chi connectivity index (χ0v) is 30.4. The summed E-state index contributed by atoms with van der Waals surface area (Å²) in [5.74, 6) is -2.54. The predicted molar refractivity (Wildman–Crippen MR) is 196 cm³/mol. The smallest absolute Gasteiger partial charge is 0.468 e. The van der Waals surface area contributed by atoms with E-state index in [0.717, 1.165) is 24.3 Å². The number of nitrogens with one attached hydrogen (secondary N) is 2. The van der Waals surface area contributed by atoms with Gasteiger partial charge in [-0.1, -0.05) is 0 Å². The topological polar surface area (TPSA) is 154 Å². The second kappa shape index (κ2) is 18.8. The minimum absolute atomic E-state index is 0.00863. The molecule has 2 amide bonds. The molecule has 0 spiro atoms. The fraction of sp³-hybridized carbons (Fsp3) is 0.343. The number of ether oxygens (including phenoxy) is 2. The van der Waals surface area contributed by atoms with Crippen molar-refractivity contribution in [2.45, 2.75) is 44.2 Å². The molecule has 0 aliphatic rings. The molecular formula is C35H43BrN3O7PS. The summed E-state index contributed by atoms with van der Waals surface area (Å²) in [5.41, 5.74) is 5.72. The Morgan fingerprint density at radius 1 is 0.792 bits per heavy atom. The van der Waals surface area contributed by atoms with Crippen molar-refractivity contribution in [1.29, 1.82) is 0 Å². The van der Waals surface area contributed by atoms with Crippen LogP contribution in [0.3, 0.4) is 0 Å². The van der Waals surface area contributed by atoms with Crippen molar-refractivity contribution >= 4 is 77.3 Å². The van der Waals surface area contributed by atoms with E-state index in [1.165, 1.54) is 30.1 Å².